The van der Waals surface area contributed by atoms with Crippen LogP contribution >= 0.6 is 34.4 Å². The Morgan fingerprint density at radius 3 is 2.71 bits per heavy atom. The second-order valence-electron chi connectivity index (χ2n) is 4.64. The van der Waals surface area contributed by atoms with Crippen molar-refractivity contribution in [2.24, 2.45) is 0 Å². The molecule has 6 heteroatoms. The third kappa shape index (κ3) is 2.39. The van der Waals surface area contributed by atoms with E-state index in [2.05, 4.69) is 22.1 Å². The maximum Gasteiger partial charge on any atom is 0.155 e. The van der Waals surface area contributed by atoms with E-state index in [1.807, 2.05) is 31.2 Å². The number of nitrogens with zero attached hydrogens (tertiary/aromatic N) is 2. The molecule has 2 aromatic heterocycles. The lowest BCUT2D eigenvalue weighted by Gasteiger charge is -2.02. The summed E-state index contributed by atoms with van der Waals surface area (Å²) in [5.41, 5.74) is 9.01. The van der Waals surface area contributed by atoms with E-state index in [0.717, 1.165) is 35.7 Å². The molecular weight excluding hydrogens is 318 g/mol. The third-order valence-corrected chi connectivity index (χ3v) is 6.20. The van der Waals surface area contributed by atoms with Crippen molar-refractivity contribution in [2.45, 2.75) is 16.2 Å². The maximum absolute atomic E-state index is 6.17. The molecule has 0 saturated carbocycles. The van der Waals surface area contributed by atoms with Crippen LogP contribution in [-0.2, 0) is 0 Å². The molecule has 0 aliphatic rings. The minimum atomic E-state index is 0.787. The van der Waals surface area contributed by atoms with E-state index >= 15 is 0 Å². The lowest BCUT2D eigenvalue weighted by molar-refractivity contribution is 1.29. The number of thiazole rings is 2. The number of hydrogen-bond donors (Lipinski definition) is 1. The molecule has 4 aromatic rings. The quantitative estimate of drug-likeness (QED) is 0.529. The van der Waals surface area contributed by atoms with Gasteiger partial charge < -0.3 is 5.73 Å². The fourth-order valence-corrected chi connectivity index (χ4v) is 5.10. The summed E-state index contributed by atoms with van der Waals surface area (Å²) in [5.74, 6) is 0. The third-order valence-electron chi connectivity index (χ3n) is 3.10. The Kier molecular flexibility index (Phi) is 3.10. The Morgan fingerprint density at radius 2 is 1.86 bits per heavy atom. The summed E-state index contributed by atoms with van der Waals surface area (Å²) in [5, 5.41) is 1.06. The van der Waals surface area contributed by atoms with Gasteiger partial charge in [0.1, 0.15) is 0 Å². The molecule has 0 aliphatic heterocycles. The highest BCUT2D eigenvalue weighted by molar-refractivity contribution is 8.01. The van der Waals surface area contributed by atoms with Crippen LogP contribution in [0.15, 0.2) is 45.6 Å². The highest BCUT2D eigenvalue weighted by Crippen LogP contribution is 2.39. The second-order valence-corrected chi connectivity index (χ2v) is 8.19. The number of nitrogen functional groups attached to an aromatic ring is 1. The van der Waals surface area contributed by atoms with Crippen LogP contribution in [0.25, 0.3) is 20.4 Å². The number of fused-ring (bicyclic) bond motifs is 2. The molecule has 21 heavy (non-hydrogen) atoms. The smallest absolute Gasteiger partial charge is 0.155 e. The zero-order chi connectivity index (χ0) is 14.4. The van der Waals surface area contributed by atoms with Gasteiger partial charge in [0.05, 0.1) is 25.4 Å². The molecular formula is C15H11N3S3. The van der Waals surface area contributed by atoms with Crippen molar-refractivity contribution in [1.29, 1.82) is 0 Å². The van der Waals surface area contributed by atoms with Gasteiger partial charge in [0.15, 0.2) is 4.34 Å². The summed E-state index contributed by atoms with van der Waals surface area (Å²) >= 11 is 4.97. The van der Waals surface area contributed by atoms with E-state index in [1.165, 1.54) is 4.70 Å². The van der Waals surface area contributed by atoms with Crippen molar-refractivity contribution in [3.63, 3.8) is 0 Å². The Balaban J connectivity index is 1.77. The molecule has 0 unspecified atom stereocenters. The number of para-hydroxylation sites is 1. The summed E-state index contributed by atoms with van der Waals surface area (Å²) in [6.45, 7) is 2.02. The van der Waals surface area contributed by atoms with Crippen LogP contribution in [-0.4, -0.2) is 9.97 Å². The Labute approximate surface area is 133 Å². The molecule has 0 fully saturated rings. The minimum Gasteiger partial charge on any atom is -0.398 e. The van der Waals surface area contributed by atoms with Crippen molar-refractivity contribution in [3.05, 3.63) is 41.4 Å². The molecule has 0 bridgehead atoms. The van der Waals surface area contributed by atoms with Crippen molar-refractivity contribution in [3.8, 4) is 0 Å². The van der Waals surface area contributed by atoms with E-state index in [0.29, 0.717) is 0 Å². The minimum absolute atomic E-state index is 0.787. The molecule has 0 aliphatic carbocycles. The molecule has 0 atom stereocenters. The molecule has 4 rings (SSSR count). The fraction of sp³-hybridized carbons (Fsp3) is 0.0667. The van der Waals surface area contributed by atoms with Crippen LogP contribution in [0.4, 0.5) is 5.69 Å². The normalized spacial score (nSPS) is 11.5. The highest BCUT2D eigenvalue weighted by Gasteiger charge is 2.10. The molecule has 0 radical (unpaired) electrons. The van der Waals surface area contributed by atoms with Gasteiger partial charge in [-0.3, -0.25) is 0 Å². The first-order chi connectivity index (χ1) is 10.2. The topological polar surface area (TPSA) is 51.8 Å². The zero-order valence-electron chi connectivity index (χ0n) is 11.2. The number of aryl methyl sites for hydroxylation is 1. The Morgan fingerprint density at radius 1 is 1.00 bits per heavy atom. The van der Waals surface area contributed by atoms with Crippen LogP contribution < -0.4 is 5.73 Å². The molecule has 2 aromatic carbocycles. The van der Waals surface area contributed by atoms with Gasteiger partial charge in [-0.2, -0.15) is 0 Å². The largest absolute Gasteiger partial charge is 0.398 e. The van der Waals surface area contributed by atoms with E-state index in [1.54, 1.807) is 34.4 Å². The van der Waals surface area contributed by atoms with E-state index < -0.39 is 0 Å². The maximum atomic E-state index is 6.17. The average molecular weight is 329 g/mol. The Hall–Kier alpha value is -1.63. The van der Waals surface area contributed by atoms with Crippen LogP contribution in [0, 0.1) is 6.92 Å². The molecule has 2 heterocycles. The van der Waals surface area contributed by atoms with Gasteiger partial charge in [-0.15, -0.1) is 22.7 Å². The van der Waals surface area contributed by atoms with Crippen molar-refractivity contribution >= 4 is 60.6 Å². The van der Waals surface area contributed by atoms with E-state index in [9.17, 15) is 0 Å². The first kappa shape index (κ1) is 13.1. The predicted molar refractivity (Wildman–Crippen MR) is 92.5 cm³/mol. The molecule has 0 amide bonds. The monoisotopic (exact) mass is 329 g/mol. The average Bonchev–Trinajstić information content (AvgIpc) is 3.00. The lowest BCUT2D eigenvalue weighted by atomic mass is 10.3. The standard InChI is InChI=1S/C15H11N3S3/c1-8-17-11-7-13(9(16)6-14(11)19-8)21-15-18-10-4-2-3-5-12(10)20-15/h2-7H,16H2,1H3. The van der Waals surface area contributed by atoms with Gasteiger partial charge in [-0.1, -0.05) is 23.9 Å². The summed E-state index contributed by atoms with van der Waals surface area (Å²) in [4.78, 5) is 10.2. The zero-order valence-corrected chi connectivity index (χ0v) is 13.6. The van der Waals surface area contributed by atoms with E-state index in [-0.39, 0.29) is 0 Å². The molecule has 2 N–H and O–H groups in total. The molecule has 3 nitrogen and oxygen atoms in total. The van der Waals surface area contributed by atoms with Gasteiger partial charge in [-0.25, -0.2) is 9.97 Å². The first-order valence-corrected chi connectivity index (χ1v) is 8.84. The number of anilines is 1. The van der Waals surface area contributed by atoms with Crippen LogP contribution in [0.5, 0.6) is 0 Å². The number of nitrogens with two attached hydrogens (primary N) is 1. The van der Waals surface area contributed by atoms with Gasteiger partial charge in [-0.05, 0) is 31.2 Å². The number of hydrogen-bond acceptors (Lipinski definition) is 6. The van der Waals surface area contributed by atoms with Gasteiger partial charge >= 0.3 is 0 Å². The molecule has 104 valence electrons. The summed E-state index contributed by atoms with van der Waals surface area (Å²) in [6, 6.07) is 12.2. The first-order valence-electron chi connectivity index (χ1n) is 6.39. The summed E-state index contributed by atoms with van der Waals surface area (Å²) in [6.07, 6.45) is 0. The second kappa shape index (κ2) is 4.98. The lowest BCUT2D eigenvalue weighted by Crippen LogP contribution is -1.88. The fourth-order valence-electron chi connectivity index (χ4n) is 2.16. The van der Waals surface area contributed by atoms with Crippen LogP contribution in [0.2, 0.25) is 0 Å². The van der Waals surface area contributed by atoms with Crippen LogP contribution in [0.3, 0.4) is 0 Å². The highest BCUT2D eigenvalue weighted by atomic mass is 32.2. The van der Waals surface area contributed by atoms with Crippen molar-refractivity contribution < 1.29 is 0 Å². The van der Waals surface area contributed by atoms with Gasteiger partial charge in [0.25, 0.3) is 0 Å². The Bertz CT molecular complexity index is 922. The SMILES string of the molecule is Cc1nc2cc(Sc3nc4ccccc4s3)c(N)cc2s1. The number of aromatic nitrogens is 2. The predicted octanol–water partition coefficient (Wildman–Crippen LogP) is 4.95. The number of rotatable bonds is 2. The van der Waals surface area contributed by atoms with Crippen molar-refractivity contribution in [1.82, 2.24) is 9.97 Å². The van der Waals surface area contributed by atoms with Crippen molar-refractivity contribution in [2.75, 3.05) is 5.73 Å². The van der Waals surface area contributed by atoms with Gasteiger partial charge in [0.2, 0.25) is 0 Å². The molecule has 0 spiro atoms. The molecule has 0 saturated heterocycles. The summed E-state index contributed by atoms with van der Waals surface area (Å²) in [7, 11) is 0. The van der Waals surface area contributed by atoms with Crippen LogP contribution in [0.1, 0.15) is 5.01 Å². The summed E-state index contributed by atoms with van der Waals surface area (Å²) < 4.78 is 3.34. The number of benzene rings is 2. The van der Waals surface area contributed by atoms with Gasteiger partial charge in [0, 0.05) is 10.6 Å². The van der Waals surface area contributed by atoms with E-state index in [4.69, 9.17) is 5.73 Å².